The van der Waals surface area contributed by atoms with Gasteiger partial charge in [-0.15, -0.1) is 23.1 Å². The molecule has 1 N–H and O–H groups in total. The van der Waals surface area contributed by atoms with Crippen molar-refractivity contribution in [2.24, 2.45) is 0 Å². The average Bonchev–Trinajstić information content (AvgIpc) is 3.18. The molecular formula is C20H18F2N2O2S2. The van der Waals surface area contributed by atoms with Crippen LogP contribution in [0.3, 0.4) is 0 Å². The van der Waals surface area contributed by atoms with Gasteiger partial charge in [0.05, 0.1) is 18.1 Å². The lowest BCUT2D eigenvalue weighted by Gasteiger charge is -2.11. The van der Waals surface area contributed by atoms with Crippen molar-refractivity contribution in [1.82, 2.24) is 4.98 Å². The van der Waals surface area contributed by atoms with Gasteiger partial charge in [-0.25, -0.2) is 13.8 Å². The van der Waals surface area contributed by atoms with Crippen molar-refractivity contribution >= 4 is 34.7 Å². The molecule has 1 unspecified atom stereocenters. The number of halogens is 2. The first-order valence-electron chi connectivity index (χ1n) is 8.42. The highest BCUT2D eigenvalue weighted by atomic mass is 32.2. The first-order chi connectivity index (χ1) is 13.5. The molecule has 2 aromatic carbocycles. The molecule has 3 aromatic rings. The Kier molecular flexibility index (Phi) is 6.64. The van der Waals surface area contributed by atoms with Gasteiger partial charge in [-0.1, -0.05) is 12.1 Å². The van der Waals surface area contributed by atoms with Crippen LogP contribution in [0.5, 0.6) is 5.75 Å². The number of ether oxygens (including phenoxy) is 1. The normalized spacial score (nSPS) is 11.9. The summed E-state index contributed by atoms with van der Waals surface area (Å²) < 4.78 is 31.4. The van der Waals surface area contributed by atoms with Crippen molar-refractivity contribution < 1.29 is 18.3 Å². The van der Waals surface area contributed by atoms with Crippen molar-refractivity contribution in [3.05, 3.63) is 65.2 Å². The average molecular weight is 421 g/mol. The Labute approximate surface area is 170 Å². The van der Waals surface area contributed by atoms with Gasteiger partial charge in [0, 0.05) is 28.5 Å². The van der Waals surface area contributed by atoms with Gasteiger partial charge >= 0.3 is 0 Å². The summed E-state index contributed by atoms with van der Waals surface area (Å²) in [5.41, 5.74) is 2.08. The lowest BCUT2D eigenvalue weighted by Crippen LogP contribution is -2.22. The van der Waals surface area contributed by atoms with Crippen molar-refractivity contribution in [2.45, 2.75) is 17.9 Å². The topological polar surface area (TPSA) is 51.2 Å². The zero-order valence-electron chi connectivity index (χ0n) is 15.2. The number of benzene rings is 2. The molecule has 8 heteroatoms. The molecule has 1 atom stereocenters. The van der Waals surface area contributed by atoms with Gasteiger partial charge in [0.15, 0.2) is 11.6 Å². The van der Waals surface area contributed by atoms with Crippen molar-refractivity contribution in [3.8, 4) is 16.3 Å². The number of methoxy groups -OCH3 is 1. The van der Waals surface area contributed by atoms with Crippen LogP contribution in [0, 0.1) is 11.6 Å². The highest BCUT2D eigenvalue weighted by Gasteiger charge is 2.16. The minimum absolute atomic E-state index is 0.227. The monoisotopic (exact) mass is 420 g/mol. The van der Waals surface area contributed by atoms with Crippen LogP contribution in [-0.4, -0.2) is 23.3 Å². The number of nitrogens with one attached hydrogen (secondary N) is 1. The molecule has 146 valence electrons. The van der Waals surface area contributed by atoms with Crippen molar-refractivity contribution in [1.29, 1.82) is 0 Å². The minimum atomic E-state index is -0.995. The van der Waals surface area contributed by atoms with Crippen LogP contribution in [-0.2, 0) is 10.5 Å². The fraction of sp³-hybridized carbons (Fsp3) is 0.200. The maximum atomic E-state index is 13.2. The molecule has 0 aliphatic heterocycles. The molecule has 0 aliphatic rings. The van der Waals surface area contributed by atoms with Gasteiger partial charge in [-0.05, 0) is 31.2 Å². The molecule has 0 saturated heterocycles. The summed E-state index contributed by atoms with van der Waals surface area (Å²) in [5.74, 6) is -0.890. The summed E-state index contributed by atoms with van der Waals surface area (Å²) >= 11 is 2.95. The highest BCUT2D eigenvalue weighted by molar-refractivity contribution is 7.99. The smallest absolute Gasteiger partial charge is 0.237 e. The second-order valence-corrected chi connectivity index (χ2v) is 8.13. The van der Waals surface area contributed by atoms with Gasteiger partial charge in [0.1, 0.15) is 10.8 Å². The summed E-state index contributed by atoms with van der Waals surface area (Å²) in [6, 6.07) is 11.0. The summed E-state index contributed by atoms with van der Waals surface area (Å²) in [5, 5.41) is 5.05. The maximum Gasteiger partial charge on any atom is 0.237 e. The van der Waals surface area contributed by atoms with Crippen LogP contribution in [0.15, 0.2) is 47.8 Å². The number of carbonyl (C=O) groups is 1. The molecule has 0 bridgehead atoms. The number of aromatic nitrogens is 1. The third kappa shape index (κ3) is 5.08. The standard InChI is InChI=1S/C20H18F2N2O2S2/c1-12(19(25)23-14-6-7-17(21)18(22)9-14)27-10-15-11-28-20(24-15)13-4-3-5-16(8-13)26-2/h3-9,11-12H,10H2,1-2H3,(H,23,25). The van der Waals surface area contributed by atoms with E-state index >= 15 is 0 Å². The first-order valence-corrected chi connectivity index (χ1v) is 10.4. The third-order valence-electron chi connectivity index (χ3n) is 3.91. The van der Waals surface area contributed by atoms with Gasteiger partial charge in [-0.3, -0.25) is 4.79 Å². The number of hydrogen-bond acceptors (Lipinski definition) is 5. The molecule has 28 heavy (non-hydrogen) atoms. The van der Waals surface area contributed by atoms with E-state index in [4.69, 9.17) is 4.74 Å². The fourth-order valence-corrected chi connectivity index (χ4v) is 4.07. The van der Waals surface area contributed by atoms with Crippen LogP contribution >= 0.6 is 23.1 Å². The Morgan fingerprint density at radius 2 is 2.07 bits per heavy atom. The number of hydrogen-bond donors (Lipinski definition) is 1. The Morgan fingerprint density at radius 1 is 1.25 bits per heavy atom. The van der Waals surface area contributed by atoms with Crippen molar-refractivity contribution in [2.75, 3.05) is 12.4 Å². The fourth-order valence-electron chi connectivity index (χ4n) is 2.37. The Balaban J connectivity index is 1.57. The highest BCUT2D eigenvalue weighted by Crippen LogP contribution is 2.29. The number of anilines is 1. The van der Waals surface area contributed by atoms with Crippen LogP contribution in [0.2, 0.25) is 0 Å². The molecule has 1 aromatic heterocycles. The Bertz CT molecular complexity index is 978. The predicted octanol–water partition coefficient (Wildman–Crippen LogP) is 5.36. The van der Waals surface area contributed by atoms with E-state index in [0.717, 1.165) is 34.1 Å². The van der Waals surface area contributed by atoms with E-state index < -0.39 is 11.6 Å². The van der Waals surface area contributed by atoms with Gasteiger partial charge in [0.2, 0.25) is 5.91 Å². The van der Waals surface area contributed by atoms with Gasteiger partial charge in [-0.2, -0.15) is 0 Å². The molecule has 1 heterocycles. The number of nitrogens with zero attached hydrogens (tertiary/aromatic N) is 1. The Morgan fingerprint density at radius 3 is 2.82 bits per heavy atom. The molecule has 3 rings (SSSR count). The number of rotatable bonds is 7. The van der Waals surface area contributed by atoms with Crippen LogP contribution in [0.25, 0.3) is 10.6 Å². The minimum Gasteiger partial charge on any atom is -0.497 e. The van der Waals surface area contributed by atoms with E-state index in [2.05, 4.69) is 10.3 Å². The summed E-state index contributed by atoms with van der Waals surface area (Å²) in [6.07, 6.45) is 0. The lowest BCUT2D eigenvalue weighted by molar-refractivity contribution is -0.115. The van der Waals surface area contributed by atoms with Crippen LogP contribution < -0.4 is 10.1 Å². The first kappa shape index (κ1) is 20.3. The second-order valence-electron chi connectivity index (χ2n) is 5.95. The van der Waals surface area contributed by atoms with Gasteiger partial charge in [0.25, 0.3) is 0 Å². The quantitative estimate of drug-likeness (QED) is 0.559. The lowest BCUT2D eigenvalue weighted by atomic mass is 10.2. The summed E-state index contributed by atoms with van der Waals surface area (Å²) in [4.78, 5) is 16.9. The van der Waals surface area contributed by atoms with E-state index in [1.807, 2.05) is 29.6 Å². The molecule has 0 aliphatic carbocycles. The molecular weight excluding hydrogens is 402 g/mol. The van der Waals surface area contributed by atoms with E-state index in [1.165, 1.54) is 29.2 Å². The largest absolute Gasteiger partial charge is 0.497 e. The molecule has 4 nitrogen and oxygen atoms in total. The Hall–Kier alpha value is -2.45. The van der Waals surface area contributed by atoms with Crippen LogP contribution in [0.4, 0.5) is 14.5 Å². The summed E-state index contributed by atoms with van der Waals surface area (Å²) in [7, 11) is 1.62. The maximum absolute atomic E-state index is 13.2. The van der Waals surface area contributed by atoms with Crippen LogP contribution in [0.1, 0.15) is 12.6 Å². The number of thiazole rings is 1. The van der Waals surface area contributed by atoms with E-state index in [1.54, 1.807) is 14.0 Å². The van der Waals surface area contributed by atoms with E-state index in [9.17, 15) is 13.6 Å². The molecule has 0 spiro atoms. The van der Waals surface area contributed by atoms with E-state index in [0.29, 0.717) is 5.75 Å². The zero-order valence-corrected chi connectivity index (χ0v) is 16.9. The molecule has 1 amide bonds. The molecule has 0 fully saturated rings. The number of thioether (sulfide) groups is 1. The van der Waals surface area contributed by atoms with Crippen molar-refractivity contribution in [3.63, 3.8) is 0 Å². The summed E-state index contributed by atoms with van der Waals surface area (Å²) in [6.45, 7) is 1.76. The third-order valence-corrected chi connectivity index (χ3v) is 6.02. The zero-order chi connectivity index (χ0) is 20.1. The van der Waals surface area contributed by atoms with Gasteiger partial charge < -0.3 is 10.1 Å². The number of amides is 1. The number of carbonyl (C=O) groups excluding carboxylic acids is 1. The SMILES string of the molecule is COc1cccc(-c2nc(CSC(C)C(=O)Nc3ccc(F)c(F)c3)cs2)c1. The van der Waals surface area contributed by atoms with E-state index in [-0.39, 0.29) is 16.8 Å². The second kappa shape index (κ2) is 9.16. The molecule has 0 saturated carbocycles. The predicted molar refractivity (Wildman–Crippen MR) is 110 cm³/mol. The molecule has 0 radical (unpaired) electrons.